The summed E-state index contributed by atoms with van der Waals surface area (Å²) in [6.45, 7) is 0. The van der Waals surface area contributed by atoms with Crippen molar-refractivity contribution in [3.8, 4) is 113 Å². The summed E-state index contributed by atoms with van der Waals surface area (Å²) in [6.07, 6.45) is 11.1. The molecule has 0 atom stereocenters. The minimum Gasteiger partial charge on any atom is -0.309 e. The first kappa shape index (κ1) is 65.0. The molecular formula is C101H65N11. The number of rotatable bonds is 12. The molecule has 22 aromatic rings. The van der Waals surface area contributed by atoms with Crippen molar-refractivity contribution in [1.82, 2.24) is 53.2 Å². The smallest absolute Gasteiger partial charge is 0.145 e. The summed E-state index contributed by atoms with van der Waals surface area (Å²) in [4.78, 5) is 33.6. The number of para-hydroxylation sites is 4. The van der Waals surface area contributed by atoms with Gasteiger partial charge in [-0.2, -0.15) is 0 Å². The van der Waals surface area contributed by atoms with E-state index in [2.05, 4.69) is 313 Å². The predicted molar refractivity (Wildman–Crippen MR) is 458 cm³/mol. The lowest BCUT2D eigenvalue weighted by molar-refractivity contribution is 1.14. The molecule has 0 saturated heterocycles. The van der Waals surface area contributed by atoms with Gasteiger partial charge in [0, 0.05) is 114 Å². The van der Waals surface area contributed by atoms with Crippen LogP contribution < -0.4 is 0 Å². The van der Waals surface area contributed by atoms with Crippen LogP contribution in [0.4, 0.5) is 0 Å². The number of hydrogen-bond donors (Lipinski definition) is 0. The monoisotopic (exact) mass is 1430 g/mol. The standard InChI is InChI=1S/C51H33N5.C50H32N6/c1-2-14-39(15-3-1)55-47-22-5-4-17-44(47)50-41(18-11-23-48(50)55)35-24-25-42-43-19-12-28-54-51(43)56(49(42)33-35)40-16-10-13-34(32-40)36-29-37(45-20-6-8-26-52-45)31-38(30-36)46-21-7-9-27-53-46;1-2-14-36(15-3-1)55-46-22-5-4-17-41(46)49-38(18-11-23-47(49)55)34-24-25-39-40-19-12-28-53-50(40)56(48(39)32-34)37-16-10-13-33(29-37)35-30-44(42-20-6-8-26-51-42)54-45(31-35)43-21-7-9-27-52-43/h1-33H;1-32H. The molecule has 0 bridgehead atoms. The minimum atomic E-state index is 0.792. The summed E-state index contributed by atoms with van der Waals surface area (Å²) >= 11 is 0. The van der Waals surface area contributed by atoms with Crippen LogP contribution in [0.2, 0.25) is 0 Å². The van der Waals surface area contributed by atoms with E-state index in [-0.39, 0.29) is 0 Å². The van der Waals surface area contributed by atoms with E-state index in [1.54, 1.807) is 12.4 Å². The van der Waals surface area contributed by atoms with Crippen molar-refractivity contribution >= 4 is 87.5 Å². The Balaban J connectivity index is 0.000000141. The van der Waals surface area contributed by atoms with Gasteiger partial charge in [-0.3, -0.25) is 29.1 Å². The first-order valence-electron chi connectivity index (χ1n) is 37.6. The van der Waals surface area contributed by atoms with E-state index in [9.17, 15) is 0 Å². The zero-order valence-electron chi connectivity index (χ0n) is 60.4. The van der Waals surface area contributed by atoms with Crippen molar-refractivity contribution in [1.29, 1.82) is 0 Å². The molecule has 0 N–H and O–H groups in total. The van der Waals surface area contributed by atoms with Crippen LogP contribution in [-0.4, -0.2) is 53.2 Å². The zero-order valence-corrected chi connectivity index (χ0v) is 60.4. The Labute approximate surface area is 644 Å². The van der Waals surface area contributed by atoms with Crippen LogP contribution in [0.5, 0.6) is 0 Å². The second-order valence-corrected chi connectivity index (χ2v) is 28.0. The van der Waals surface area contributed by atoms with Crippen molar-refractivity contribution < 1.29 is 0 Å². The molecule has 0 saturated carbocycles. The van der Waals surface area contributed by atoms with Crippen LogP contribution in [0.25, 0.3) is 200 Å². The van der Waals surface area contributed by atoms with Crippen molar-refractivity contribution in [3.05, 3.63) is 395 Å². The molecule has 11 heteroatoms. The largest absolute Gasteiger partial charge is 0.309 e. The topological polar surface area (TPSA) is 110 Å². The van der Waals surface area contributed by atoms with Gasteiger partial charge in [0.15, 0.2) is 0 Å². The Hall–Kier alpha value is -15.3. The number of pyridine rings is 7. The Kier molecular flexibility index (Phi) is 15.9. The fourth-order valence-corrected chi connectivity index (χ4v) is 16.6. The molecule has 22 rings (SSSR count). The van der Waals surface area contributed by atoms with Crippen LogP contribution in [0, 0.1) is 0 Å². The average molecular weight is 1430 g/mol. The van der Waals surface area contributed by atoms with E-state index in [1.165, 1.54) is 54.7 Å². The van der Waals surface area contributed by atoms with E-state index in [1.807, 2.05) is 97.6 Å². The fourth-order valence-electron chi connectivity index (χ4n) is 16.6. The summed E-state index contributed by atoms with van der Waals surface area (Å²) in [7, 11) is 0. The summed E-state index contributed by atoms with van der Waals surface area (Å²) in [6, 6.07) is 126. The van der Waals surface area contributed by atoms with Gasteiger partial charge >= 0.3 is 0 Å². The third-order valence-electron chi connectivity index (χ3n) is 21.5. The van der Waals surface area contributed by atoms with E-state index in [0.717, 1.165) is 145 Å². The van der Waals surface area contributed by atoms with E-state index < -0.39 is 0 Å². The zero-order chi connectivity index (χ0) is 74.0. The van der Waals surface area contributed by atoms with Crippen molar-refractivity contribution in [2.75, 3.05) is 0 Å². The lowest BCUT2D eigenvalue weighted by Gasteiger charge is -2.13. The van der Waals surface area contributed by atoms with Gasteiger partial charge in [0.05, 0.1) is 67.3 Å². The minimum absolute atomic E-state index is 0.792. The average Bonchev–Trinajstić information content (AvgIpc) is 1.58. The van der Waals surface area contributed by atoms with E-state index >= 15 is 0 Å². The fraction of sp³-hybridized carbons (Fsp3) is 0. The molecule has 0 unspecified atom stereocenters. The van der Waals surface area contributed by atoms with E-state index in [4.69, 9.17) is 24.9 Å². The highest BCUT2D eigenvalue weighted by Crippen LogP contribution is 2.45. The Morgan fingerprint density at radius 1 is 0.170 bits per heavy atom. The lowest BCUT2D eigenvalue weighted by Crippen LogP contribution is -1.97. The predicted octanol–water partition coefficient (Wildman–Crippen LogP) is 24.9. The number of benzene rings is 11. The quantitative estimate of drug-likeness (QED) is 0.120. The molecule has 11 aromatic heterocycles. The Morgan fingerprint density at radius 2 is 0.536 bits per heavy atom. The Morgan fingerprint density at radius 3 is 0.982 bits per heavy atom. The second-order valence-electron chi connectivity index (χ2n) is 28.0. The maximum Gasteiger partial charge on any atom is 0.145 e. The number of nitrogens with zero attached hydrogens (tertiary/aromatic N) is 11. The van der Waals surface area contributed by atoms with Gasteiger partial charge in [0.25, 0.3) is 0 Å². The molecule has 0 aliphatic heterocycles. The normalized spacial score (nSPS) is 11.6. The number of hydrogen-bond acceptors (Lipinski definition) is 7. The summed E-state index contributed by atoms with van der Waals surface area (Å²) in [5.74, 6) is 0. The molecular weight excluding hydrogens is 1370 g/mol. The molecule has 11 aromatic carbocycles. The van der Waals surface area contributed by atoms with Gasteiger partial charge < -0.3 is 9.13 Å². The summed E-state index contributed by atoms with van der Waals surface area (Å²) in [5.41, 5.74) is 29.2. The number of aromatic nitrogens is 11. The van der Waals surface area contributed by atoms with Crippen LogP contribution in [0.1, 0.15) is 0 Å². The van der Waals surface area contributed by atoms with Gasteiger partial charge in [-0.15, -0.1) is 0 Å². The third-order valence-corrected chi connectivity index (χ3v) is 21.5. The second kappa shape index (κ2) is 27.5. The Bertz CT molecular complexity index is 6800. The van der Waals surface area contributed by atoms with Crippen molar-refractivity contribution in [2.45, 2.75) is 0 Å². The SMILES string of the molecule is c1ccc(-n2c3ccccc3c3c(-c4ccc5c6cccnc6n(-c6cccc(-c7cc(-c8ccccn8)cc(-c8ccccn8)c7)c6)c5c4)cccc32)cc1.c1ccc(-n2c3ccccc3c3c(-c4ccc5c6cccnc6n(-c6cccc(-c7cc(-c8ccccn8)nc(-c8ccccn8)c7)c6)c5c4)cccc32)cc1. The molecule has 524 valence electrons. The van der Waals surface area contributed by atoms with Gasteiger partial charge in [-0.1, -0.05) is 170 Å². The van der Waals surface area contributed by atoms with Crippen LogP contribution in [-0.2, 0) is 0 Å². The molecule has 0 aliphatic carbocycles. The van der Waals surface area contributed by atoms with Crippen LogP contribution in [0.3, 0.4) is 0 Å². The maximum absolute atomic E-state index is 5.01. The van der Waals surface area contributed by atoms with Gasteiger partial charge in [-0.25, -0.2) is 15.0 Å². The third kappa shape index (κ3) is 11.3. The highest BCUT2D eigenvalue weighted by molar-refractivity contribution is 6.19. The van der Waals surface area contributed by atoms with Crippen LogP contribution >= 0.6 is 0 Å². The molecule has 0 spiro atoms. The summed E-state index contributed by atoms with van der Waals surface area (Å²) < 4.78 is 9.36. The molecule has 0 amide bonds. The maximum atomic E-state index is 5.01. The van der Waals surface area contributed by atoms with Crippen molar-refractivity contribution in [3.63, 3.8) is 0 Å². The first-order valence-corrected chi connectivity index (χ1v) is 37.6. The molecule has 11 heterocycles. The number of fused-ring (bicyclic) bond motifs is 12. The van der Waals surface area contributed by atoms with E-state index in [0.29, 0.717) is 0 Å². The molecule has 0 aliphatic rings. The lowest BCUT2D eigenvalue weighted by atomic mass is 9.96. The van der Waals surface area contributed by atoms with Gasteiger partial charge in [0.1, 0.15) is 11.3 Å². The molecule has 11 nitrogen and oxygen atoms in total. The highest BCUT2D eigenvalue weighted by Gasteiger charge is 2.23. The highest BCUT2D eigenvalue weighted by atomic mass is 15.1. The van der Waals surface area contributed by atoms with Gasteiger partial charge in [0.2, 0.25) is 0 Å². The molecule has 112 heavy (non-hydrogen) atoms. The first-order chi connectivity index (χ1) is 55.6. The molecule has 0 radical (unpaired) electrons. The molecule has 0 fully saturated rings. The van der Waals surface area contributed by atoms with Gasteiger partial charge in [-0.05, 0) is 233 Å². The van der Waals surface area contributed by atoms with Crippen LogP contribution in [0.15, 0.2) is 395 Å². The van der Waals surface area contributed by atoms with Crippen molar-refractivity contribution in [2.24, 2.45) is 0 Å². The summed E-state index contributed by atoms with van der Waals surface area (Å²) in [5, 5.41) is 9.48.